The van der Waals surface area contributed by atoms with Gasteiger partial charge in [0, 0.05) is 20.2 Å². The summed E-state index contributed by atoms with van der Waals surface area (Å²) in [6.45, 7) is 1.83. The number of amides is 1. The molecule has 1 atom stereocenters. The topological polar surface area (TPSA) is 125 Å². The zero-order valence-electron chi connectivity index (χ0n) is 18.3. The van der Waals surface area contributed by atoms with E-state index in [1.165, 1.54) is 17.0 Å². The van der Waals surface area contributed by atoms with Crippen molar-refractivity contribution >= 4 is 23.0 Å². The molecule has 1 aromatic heterocycles. The standard InChI is InChI=1S/C23H26N4O5/c1-12-11-16(32-26-12)17(13-7-4-5-8-13)25-19-18(21(29)22(19)30)24-15-10-6-9-14(20(15)28)23(31)27(2)3/h6,9-11,13,17,24-25,28H,4-5,7-8H2,1-3H3. The first-order valence-electron chi connectivity index (χ1n) is 10.6. The van der Waals surface area contributed by atoms with Crippen molar-refractivity contribution in [3.63, 3.8) is 0 Å². The summed E-state index contributed by atoms with van der Waals surface area (Å²) in [5, 5.41) is 20.6. The number of aromatic hydroxyl groups is 1. The van der Waals surface area contributed by atoms with Gasteiger partial charge in [-0.05, 0) is 37.8 Å². The quantitative estimate of drug-likeness (QED) is 0.380. The lowest BCUT2D eigenvalue weighted by atomic mass is 9.95. The summed E-state index contributed by atoms with van der Waals surface area (Å²) in [5.41, 5.74) is -0.124. The zero-order chi connectivity index (χ0) is 23.0. The molecule has 2 aromatic carbocycles. The van der Waals surface area contributed by atoms with Gasteiger partial charge in [0.15, 0.2) is 11.5 Å². The van der Waals surface area contributed by atoms with Crippen molar-refractivity contribution in [1.29, 1.82) is 0 Å². The average Bonchev–Trinajstić information content (AvgIpc) is 3.45. The Labute approximate surface area is 184 Å². The molecular formula is C23H26N4O5. The number of nitrogens with zero attached hydrogens (tertiary/aromatic N) is 2. The number of carbonyl (C=O) groups is 1. The highest BCUT2D eigenvalue weighted by Crippen LogP contribution is 2.39. The van der Waals surface area contributed by atoms with Gasteiger partial charge in [-0.15, -0.1) is 0 Å². The van der Waals surface area contributed by atoms with E-state index in [0.717, 1.165) is 31.4 Å². The van der Waals surface area contributed by atoms with Gasteiger partial charge in [0.2, 0.25) is 0 Å². The van der Waals surface area contributed by atoms with Crippen LogP contribution in [0.25, 0.3) is 0 Å². The SMILES string of the molecule is Cc1cc(C(Nc2c(Nc3cccc(C(=O)N(C)C)c3O)c(=O)c2=O)C2CCCC2)on1. The molecule has 0 saturated heterocycles. The van der Waals surface area contributed by atoms with E-state index >= 15 is 0 Å². The number of phenolic OH excluding ortho intramolecular Hbond substituents is 1. The summed E-state index contributed by atoms with van der Waals surface area (Å²) in [6, 6.07) is 6.16. The summed E-state index contributed by atoms with van der Waals surface area (Å²) < 4.78 is 5.47. The van der Waals surface area contributed by atoms with Crippen LogP contribution in [0.4, 0.5) is 17.1 Å². The Morgan fingerprint density at radius 2 is 1.88 bits per heavy atom. The van der Waals surface area contributed by atoms with Crippen LogP contribution in [0.15, 0.2) is 38.4 Å². The molecule has 168 valence electrons. The molecule has 4 rings (SSSR count). The highest BCUT2D eigenvalue weighted by atomic mass is 16.5. The van der Waals surface area contributed by atoms with E-state index in [1.54, 1.807) is 20.2 Å². The third kappa shape index (κ3) is 3.86. The highest BCUT2D eigenvalue weighted by Gasteiger charge is 2.33. The summed E-state index contributed by atoms with van der Waals surface area (Å²) in [4.78, 5) is 38.4. The Hall–Kier alpha value is -3.62. The number of aromatic nitrogens is 1. The lowest BCUT2D eigenvalue weighted by Gasteiger charge is -2.25. The van der Waals surface area contributed by atoms with Gasteiger partial charge in [0.25, 0.3) is 16.8 Å². The number of anilines is 3. The summed E-state index contributed by atoms with van der Waals surface area (Å²) >= 11 is 0. The average molecular weight is 438 g/mol. The molecule has 0 radical (unpaired) electrons. The Balaban J connectivity index is 1.64. The molecule has 32 heavy (non-hydrogen) atoms. The van der Waals surface area contributed by atoms with Crippen LogP contribution in [-0.2, 0) is 0 Å². The maximum atomic E-state index is 12.4. The molecule has 9 heteroatoms. The van der Waals surface area contributed by atoms with E-state index in [1.807, 2.05) is 13.0 Å². The molecule has 3 N–H and O–H groups in total. The summed E-state index contributed by atoms with van der Waals surface area (Å²) in [5.74, 6) is 0.198. The Kier molecular flexibility index (Phi) is 5.73. The molecule has 1 fully saturated rings. The van der Waals surface area contributed by atoms with Crippen molar-refractivity contribution in [1.82, 2.24) is 10.1 Å². The van der Waals surface area contributed by atoms with Crippen molar-refractivity contribution < 1.29 is 14.4 Å². The molecule has 1 aliphatic rings. The zero-order valence-corrected chi connectivity index (χ0v) is 18.3. The van der Waals surface area contributed by atoms with Gasteiger partial charge in [-0.25, -0.2) is 0 Å². The number of hydrogen-bond acceptors (Lipinski definition) is 8. The van der Waals surface area contributed by atoms with Gasteiger partial charge < -0.3 is 25.2 Å². The molecule has 1 aliphatic carbocycles. The van der Waals surface area contributed by atoms with E-state index < -0.39 is 10.9 Å². The highest BCUT2D eigenvalue weighted by molar-refractivity contribution is 5.99. The Morgan fingerprint density at radius 3 is 2.50 bits per heavy atom. The number of hydrogen-bond donors (Lipinski definition) is 3. The molecule has 1 unspecified atom stereocenters. The fourth-order valence-electron chi connectivity index (χ4n) is 4.24. The minimum atomic E-state index is -0.685. The van der Waals surface area contributed by atoms with Crippen LogP contribution in [0.2, 0.25) is 0 Å². The monoisotopic (exact) mass is 438 g/mol. The van der Waals surface area contributed by atoms with Crippen LogP contribution in [0.3, 0.4) is 0 Å². The van der Waals surface area contributed by atoms with E-state index in [9.17, 15) is 19.5 Å². The molecule has 0 spiro atoms. The van der Waals surface area contributed by atoms with Crippen LogP contribution in [-0.4, -0.2) is 35.2 Å². The van der Waals surface area contributed by atoms with Gasteiger partial charge in [0.1, 0.15) is 11.4 Å². The number of phenols is 1. The van der Waals surface area contributed by atoms with Crippen LogP contribution >= 0.6 is 0 Å². The summed E-state index contributed by atoms with van der Waals surface area (Å²) in [6.07, 6.45) is 4.14. The number of nitrogens with one attached hydrogen (secondary N) is 2. The number of carbonyl (C=O) groups excluding carboxylic acids is 1. The van der Waals surface area contributed by atoms with Crippen LogP contribution in [0, 0.1) is 12.8 Å². The number of benzene rings is 1. The van der Waals surface area contributed by atoms with Gasteiger partial charge in [-0.3, -0.25) is 14.4 Å². The molecule has 9 nitrogen and oxygen atoms in total. The third-order valence-electron chi connectivity index (χ3n) is 5.97. The van der Waals surface area contributed by atoms with E-state index in [0.29, 0.717) is 5.76 Å². The van der Waals surface area contributed by atoms with Gasteiger partial charge >= 0.3 is 0 Å². The second-order valence-corrected chi connectivity index (χ2v) is 8.47. The van der Waals surface area contributed by atoms with Crippen molar-refractivity contribution in [2.45, 2.75) is 38.6 Å². The van der Waals surface area contributed by atoms with Crippen molar-refractivity contribution in [2.24, 2.45) is 5.92 Å². The molecule has 1 amide bonds. The first-order chi connectivity index (χ1) is 15.3. The maximum absolute atomic E-state index is 12.4. The minimum Gasteiger partial charge on any atom is -0.505 e. The first kappa shape index (κ1) is 21.6. The van der Waals surface area contributed by atoms with Crippen LogP contribution < -0.4 is 21.5 Å². The Morgan fingerprint density at radius 1 is 1.19 bits per heavy atom. The van der Waals surface area contributed by atoms with Gasteiger partial charge in [-0.2, -0.15) is 0 Å². The maximum Gasteiger partial charge on any atom is 0.257 e. The summed E-state index contributed by atoms with van der Waals surface area (Å²) in [7, 11) is 3.16. The van der Waals surface area contributed by atoms with Crippen molar-refractivity contribution in [2.75, 3.05) is 24.7 Å². The lowest BCUT2D eigenvalue weighted by molar-refractivity contribution is 0.0824. The fourth-order valence-corrected chi connectivity index (χ4v) is 4.24. The number of para-hydroxylation sites is 1. The largest absolute Gasteiger partial charge is 0.505 e. The normalized spacial score (nSPS) is 15.1. The second kappa shape index (κ2) is 8.49. The van der Waals surface area contributed by atoms with Gasteiger partial charge in [-0.1, -0.05) is 24.1 Å². The second-order valence-electron chi connectivity index (χ2n) is 8.47. The molecule has 1 heterocycles. The first-order valence-corrected chi connectivity index (χ1v) is 10.6. The number of rotatable bonds is 7. The third-order valence-corrected chi connectivity index (χ3v) is 5.97. The smallest absolute Gasteiger partial charge is 0.257 e. The van der Waals surface area contributed by atoms with E-state index in [2.05, 4.69) is 15.8 Å². The predicted octanol–water partition coefficient (Wildman–Crippen LogP) is 3.07. The van der Waals surface area contributed by atoms with Crippen LogP contribution in [0.1, 0.15) is 53.5 Å². The Bertz CT molecular complexity index is 1220. The molecule has 0 aliphatic heterocycles. The molecule has 0 bridgehead atoms. The number of aryl methyl sites for hydroxylation is 1. The van der Waals surface area contributed by atoms with Crippen molar-refractivity contribution in [3.05, 3.63) is 61.7 Å². The van der Waals surface area contributed by atoms with Crippen LogP contribution in [0.5, 0.6) is 5.75 Å². The van der Waals surface area contributed by atoms with Crippen molar-refractivity contribution in [3.8, 4) is 5.75 Å². The fraction of sp³-hybridized carbons (Fsp3) is 0.391. The molecule has 3 aromatic rings. The minimum absolute atomic E-state index is 0.0546. The molecular weight excluding hydrogens is 412 g/mol. The van der Waals surface area contributed by atoms with E-state index in [4.69, 9.17) is 4.52 Å². The van der Waals surface area contributed by atoms with Gasteiger partial charge in [0.05, 0.1) is 23.0 Å². The van der Waals surface area contributed by atoms with E-state index in [-0.39, 0.29) is 46.2 Å². The lowest BCUT2D eigenvalue weighted by Crippen LogP contribution is -2.38. The predicted molar refractivity (Wildman–Crippen MR) is 120 cm³/mol. The molecule has 1 saturated carbocycles.